The Morgan fingerprint density at radius 3 is 1.97 bits per heavy atom. The van der Waals surface area contributed by atoms with Crippen molar-refractivity contribution in [2.75, 3.05) is 0 Å². The minimum Gasteiger partial charge on any atom is -1.00 e. The van der Waals surface area contributed by atoms with Crippen LogP contribution >= 0.6 is 0 Å². The van der Waals surface area contributed by atoms with E-state index in [0.717, 1.165) is 6.42 Å². The maximum atomic E-state index is 2.47. The maximum Gasteiger partial charge on any atom is -1.00 e. The second-order valence-corrected chi connectivity index (χ2v) is 15.2. The van der Waals surface area contributed by atoms with Gasteiger partial charge < -0.3 is 24.8 Å². The molecular weight excluding hydrogens is 486 g/mol. The molecule has 0 aliphatic heterocycles. The van der Waals surface area contributed by atoms with Crippen LogP contribution in [0.1, 0.15) is 70.7 Å². The SMILES string of the molecule is C[C]1([Zr+2][c]2c(C(C)(C)C)ccc3c2Cc2cc(C(C)(C)C)ccc2-3)C=CC=C1.[Cl-].[Cl-]. The molecule has 2 aliphatic rings. The number of benzene rings is 2. The summed E-state index contributed by atoms with van der Waals surface area (Å²) in [5, 5.41) is 0. The van der Waals surface area contributed by atoms with Crippen molar-refractivity contribution in [1.29, 1.82) is 0 Å². The fourth-order valence-electron chi connectivity index (χ4n) is 4.43. The van der Waals surface area contributed by atoms with E-state index in [2.05, 4.69) is 103 Å². The Morgan fingerprint density at radius 1 is 0.800 bits per heavy atom. The van der Waals surface area contributed by atoms with Crippen molar-refractivity contribution < 1.29 is 48.0 Å². The molecule has 0 fully saturated rings. The molecule has 0 atom stereocenters. The second kappa shape index (κ2) is 8.73. The van der Waals surface area contributed by atoms with Crippen LogP contribution < -0.4 is 28.1 Å². The van der Waals surface area contributed by atoms with E-state index in [4.69, 9.17) is 0 Å². The molecule has 0 heterocycles. The van der Waals surface area contributed by atoms with E-state index in [-0.39, 0.29) is 35.6 Å². The summed E-state index contributed by atoms with van der Waals surface area (Å²) in [6, 6.07) is 12.0. The van der Waals surface area contributed by atoms with Crippen molar-refractivity contribution in [2.45, 2.75) is 68.8 Å². The molecule has 0 unspecified atom stereocenters. The molecule has 2 aromatic carbocycles. The van der Waals surface area contributed by atoms with E-state index in [1.54, 1.807) is 14.4 Å². The Kier molecular flexibility index (Phi) is 7.46. The molecular formula is C27H32Cl2Zr. The van der Waals surface area contributed by atoms with Crippen LogP contribution in [0.25, 0.3) is 11.1 Å². The Balaban J connectivity index is 0.00000160. The van der Waals surface area contributed by atoms with Crippen LogP contribution in [0, 0.1) is 0 Å². The van der Waals surface area contributed by atoms with Gasteiger partial charge in [0, 0.05) is 0 Å². The largest absolute Gasteiger partial charge is 1.00 e. The van der Waals surface area contributed by atoms with Crippen LogP contribution in [-0.2, 0) is 40.5 Å². The summed E-state index contributed by atoms with van der Waals surface area (Å²) in [5.41, 5.74) is 9.54. The van der Waals surface area contributed by atoms with Crippen LogP contribution in [-0.4, -0.2) is 0 Å². The predicted molar refractivity (Wildman–Crippen MR) is 118 cm³/mol. The van der Waals surface area contributed by atoms with Gasteiger partial charge in [-0.1, -0.05) is 0 Å². The summed E-state index contributed by atoms with van der Waals surface area (Å²) in [6.07, 6.45) is 10.5. The zero-order chi connectivity index (χ0) is 20.3. The summed E-state index contributed by atoms with van der Waals surface area (Å²) in [5.74, 6) is 0. The zero-order valence-corrected chi connectivity index (χ0v) is 23.1. The van der Waals surface area contributed by atoms with Crippen molar-refractivity contribution >= 4 is 3.27 Å². The zero-order valence-electron chi connectivity index (χ0n) is 19.2. The first-order chi connectivity index (χ1) is 13.0. The van der Waals surface area contributed by atoms with Gasteiger partial charge in [0.1, 0.15) is 0 Å². The Labute approximate surface area is 207 Å². The second-order valence-electron chi connectivity index (χ2n) is 10.7. The van der Waals surface area contributed by atoms with Crippen molar-refractivity contribution in [3.63, 3.8) is 0 Å². The van der Waals surface area contributed by atoms with Gasteiger partial charge >= 0.3 is 183 Å². The normalized spacial score (nSPS) is 15.7. The number of fused-ring (bicyclic) bond motifs is 3. The molecule has 0 aromatic heterocycles. The number of hydrogen-bond acceptors (Lipinski definition) is 0. The smallest absolute Gasteiger partial charge is 1.00 e. The van der Waals surface area contributed by atoms with Crippen LogP contribution in [0.3, 0.4) is 0 Å². The molecule has 0 nitrogen and oxygen atoms in total. The molecule has 0 bridgehead atoms. The third kappa shape index (κ3) is 4.74. The summed E-state index contributed by atoms with van der Waals surface area (Å²) >= 11 is -0.838. The van der Waals surface area contributed by atoms with Crippen LogP contribution in [0.4, 0.5) is 0 Å². The average Bonchev–Trinajstić information content (AvgIpc) is 3.16. The molecule has 3 heteroatoms. The van der Waals surface area contributed by atoms with E-state index in [1.165, 1.54) is 22.3 Å². The van der Waals surface area contributed by atoms with Crippen LogP contribution in [0.15, 0.2) is 54.6 Å². The van der Waals surface area contributed by atoms with Crippen molar-refractivity contribution in [3.05, 3.63) is 76.9 Å². The standard InChI is InChI=1S/C21H25.C6H7.2ClH.Zr/c1-20(2,3)16-7-9-18-14(12-16)11-15-13-17(21(4,5)6)8-10-19(15)18;1-6-4-2-3-5-6;;;/h7-10,12H,11H2,1-6H3;2-5H,1H3;2*1H;/q;;;;+2/p-2. The molecule has 0 N–H and O–H groups in total. The fourth-order valence-corrected chi connectivity index (χ4v) is 9.01. The average molecular weight is 519 g/mol. The molecule has 2 aromatic rings. The van der Waals surface area contributed by atoms with Crippen LogP contribution in [0.2, 0.25) is 3.12 Å². The van der Waals surface area contributed by atoms with E-state index in [1.807, 2.05) is 0 Å². The molecule has 0 saturated carbocycles. The fraction of sp³-hybridized carbons (Fsp3) is 0.407. The van der Waals surface area contributed by atoms with Crippen molar-refractivity contribution in [3.8, 4) is 11.1 Å². The number of halogens is 2. The van der Waals surface area contributed by atoms with Gasteiger partial charge in [0.15, 0.2) is 0 Å². The molecule has 0 saturated heterocycles. The number of rotatable bonds is 2. The molecule has 4 rings (SSSR count). The van der Waals surface area contributed by atoms with E-state index < -0.39 is 23.2 Å². The molecule has 2 aliphatic carbocycles. The molecule has 0 radical (unpaired) electrons. The van der Waals surface area contributed by atoms with Gasteiger partial charge in [0.2, 0.25) is 0 Å². The molecule has 30 heavy (non-hydrogen) atoms. The quantitative estimate of drug-likeness (QED) is 0.473. The first-order valence-corrected chi connectivity index (χ1v) is 12.9. The number of allylic oxidation sites excluding steroid dienone is 4. The predicted octanol–water partition coefficient (Wildman–Crippen LogP) is 0.873. The number of hydrogen-bond donors (Lipinski definition) is 0. The maximum absolute atomic E-state index is 2.47. The molecule has 0 spiro atoms. The van der Waals surface area contributed by atoms with Gasteiger partial charge in [-0.2, -0.15) is 0 Å². The third-order valence-corrected chi connectivity index (χ3v) is 10.3. The van der Waals surface area contributed by atoms with Gasteiger partial charge in [-0.15, -0.1) is 0 Å². The first-order valence-electron chi connectivity index (χ1n) is 10.4. The summed E-state index contributed by atoms with van der Waals surface area (Å²) in [6.45, 7) is 16.5. The summed E-state index contributed by atoms with van der Waals surface area (Å²) in [4.78, 5) is 0. The Hall–Kier alpha value is -0.617. The Morgan fingerprint density at radius 2 is 1.40 bits per heavy atom. The van der Waals surface area contributed by atoms with Gasteiger partial charge in [-0.3, -0.25) is 0 Å². The summed E-state index contributed by atoms with van der Waals surface area (Å²) in [7, 11) is 0. The van der Waals surface area contributed by atoms with Gasteiger partial charge in [-0.25, -0.2) is 0 Å². The van der Waals surface area contributed by atoms with E-state index in [0.29, 0.717) is 3.12 Å². The molecule has 158 valence electrons. The monoisotopic (exact) mass is 516 g/mol. The van der Waals surface area contributed by atoms with E-state index >= 15 is 0 Å². The van der Waals surface area contributed by atoms with Gasteiger partial charge in [0.05, 0.1) is 0 Å². The topological polar surface area (TPSA) is 0 Å². The first kappa shape index (κ1) is 25.6. The minimum atomic E-state index is -0.838. The van der Waals surface area contributed by atoms with Crippen molar-refractivity contribution in [2.24, 2.45) is 0 Å². The van der Waals surface area contributed by atoms with E-state index in [9.17, 15) is 0 Å². The summed E-state index contributed by atoms with van der Waals surface area (Å²) < 4.78 is 2.03. The van der Waals surface area contributed by atoms with Gasteiger partial charge in [0.25, 0.3) is 0 Å². The molecule has 0 amide bonds. The minimum absolute atomic E-state index is 0. The van der Waals surface area contributed by atoms with Crippen LogP contribution in [0.5, 0.6) is 0 Å². The van der Waals surface area contributed by atoms with Gasteiger partial charge in [-0.05, 0) is 0 Å². The Bertz CT molecular complexity index is 989. The van der Waals surface area contributed by atoms with Crippen molar-refractivity contribution in [1.82, 2.24) is 0 Å². The third-order valence-electron chi connectivity index (χ3n) is 6.14.